The van der Waals surface area contributed by atoms with Crippen molar-refractivity contribution >= 4 is 11.9 Å². The molecule has 0 aromatic carbocycles. The number of rotatable bonds is 8. The number of amides is 1. The molecule has 100 valence electrons. The second kappa shape index (κ2) is 8.98. The molecule has 0 aliphatic rings. The Balaban J connectivity index is 4.39. The Morgan fingerprint density at radius 1 is 1.24 bits per heavy atom. The Morgan fingerprint density at radius 3 is 2.24 bits per heavy atom. The summed E-state index contributed by atoms with van der Waals surface area (Å²) >= 11 is 0. The molecule has 0 unspecified atom stereocenters. The highest BCUT2D eigenvalue weighted by Gasteiger charge is 2.21. The van der Waals surface area contributed by atoms with E-state index in [0.29, 0.717) is 6.54 Å². The number of hydrogen-bond acceptors (Lipinski definition) is 4. The molecule has 0 bridgehead atoms. The Labute approximate surface area is 103 Å². The summed E-state index contributed by atoms with van der Waals surface area (Å²) in [6.45, 7) is 4.41. The van der Waals surface area contributed by atoms with Crippen molar-refractivity contribution in [2.24, 2.45) is 5.92 Å². The van der Waals surface area contributed by atoms with E-state index in [1.165, 1.54) is 12.0 Å². The predicted octanol–water partition coefficient (Wildman–Crippen LogP) is 0.807. The smallest absolute Gasteiger partial charge is 0.307 e. The van der Waals surface area contributed by atoms with Crippen molar-refractivity contribution in [3.8, 4) is 0 Å². The summed E-state index contributed by atoms with van der Waals surface area (Å²) < 4.78 is 4.53. The molecule has 5 heteroatoms. The minimum atomic E-state index is -0.342. The molecule has 0 atom stereocenters. The molecule has 0 spiro atoms. The van der Waals surface area contributed by atoms with Crippen LogP contribution >= 0.6 is 0 Å². The van der Waals surface area contributed by atoms with Gasteiger partial charge in [0.1, 0.15) is 0 Å². The summed E-state index contributed by atoms with van der Waals surface area (Å²) in [6, 6.07) is 0. The van der Waals surface area contributed by atoms with E-state index in [-0.39, 0.29) is 37.4 Å². The maximum atomic E-state index is 12.1. The number of methoxy groups -OCH3 is 1. The van der Waals surface area contributed by atoms with Crippen LogP contribution in [0.3, 0.4) is 0 Å². The molecule has 0 heterocycles. The third-order valence-electron chi connectivity index (χ3n) is 2.83. The highest BCUT2D eigenvalue weighted by molar-refractivity contribution is 5.79. The van der Waals surface area contributed by atoms with E-state index in [1.54, 1.807) is 0 Å². The highest BCUT2D eigenvalue weighted by atomic mass is 16.5. The number of ether oxygens (including phenoxy) is 1. The highest BCUT2D eigenvalue weighted by Crippen LogP contribution is 2.12. The number of hydrogen-bond donors (Lipinski definition) is 1. The normalized spacial score (nSPS) is 10.4. The van der Waals surface area contributed by atoms with Crippen LogP contribution in [-0.2, 0) is 14.3 Å². The molecule has 0 radical (unpaired) electrons. The van der Waals surface area contributed by atoms with Crippen LogP contribution in [0.15, 0.2) is 0 Å². The van der Waals surface area contributed by atoms with E-state index in [9.17, 15) is 9.59 Å². The zero-order valence-electron chi connectivity index (χ0n) is 10.9. The Bertz CT molecular complexity index is 239. The van der Waals surface area contributed by atoms with Gasteiger partial charge in [-0.1, -0.05) is 13.8 Å². The summed E-state index contributed by atoms with van der Waals surface area (Å²) in [4.78, 5) is 24.6. The summed E-state index contributed by atoms with van der Waals surface area (Å²) in [6.07, 6.45) is 1.72. The van der Waals surface area contributed by atoms with Crippen molar-refractivity contribution in [3.05, 3.63) is 0 Å². The summed E-state index contributed by atoms with van der Waals surface area (Å²) in [5, 5.41) is 8.93. The van der Waals surface area contributed by atoms with Crippen molar-refractivity contribution in [1.29, 1.82) is 0 Å². The van der Waals surface area contributed by atoms with Gasteiger partial charge in [-0.15, -0.1) is 0 Å². The monoisotopic (exact) mass is 245 g/mol. The maximum Gasteiger partial charge on any atom is 0.307 e. The first-order chi connectivity index (χ1) is 8.10. The third kappa shape index (κ3) is 5.68. The Morgan fingerprint density at radius 2 is 1.82 bits per heavy atom. The van der Waals surface area contributed by atoms with Crippen molar-refractivity contribution in [2.75, 3.05) is 26.8 Å². The lowest BCUT2D eigenvalue weighted by atomic mass is 10.0. The van der Waals surface area contributed by atoms with E-state index in [2.05, 4.69) is 4.74 Å². The minimum absolute atomic E-state index is 0.00736. The molecule has 0 aromatic rings. The lowest BCUT2D eigenvalue weighted by Crippen LogP contribution is -2.39. The van der Waals surface area contributed by atoms with Crippen molar-refractivity contribution in [3.63, 3.8) is 0 Å². The van der Waals surface area contributed by atoms with Crippen LogP contribution in [0.5, 0.6) is 0 Å². The average molecular weight is 245 g/mol. The van der Waals surface area contributed by atoms with E-state index >= 15 is 0 Å². The van der Waals surface area contributed by atoms with Crippen molar-refractivity contribution in [1.82, 2.24) is 4.90 Å². The van der Waals surface area contributed by atoms with Gasteiger partial charge in [0.05, 0.1) is 20.1 Å². The standard InChI is InChI=1S/C12H23NO4/c1-4-10(5-2)12(16)13(8-9-14)7-6-11(15)17-3/h10,14H,4-9H2,1-3H3. The van der Waals surface area contributed by atoms with Gasteiger partial charge in [0.15, 0.2) is 0 Å². The molecule has 1 N–H and O–H groups in total. The molecular weight excluding hydrogens is 222 g/mol. The Hall–Kier alpha value is -1.10. The zero-order valence-corrected chi connectivity index (χ0v) is 10.9. The van der Waals surface area contributed by atoms with E-state index in [4.69, 9.17) is 5.11 Å². The van der Waals surface area contributed by atoms with Crippen LogP contribution in [0.4, 0.5) is 0 Å². The van der Waals surface area contributed by atoms with Crippen LogP contribution in [0, 0.1) is 5.92 Å². The first kappa shape index (κ1) is 15.9. The first-order valence-corrected chi connectivity index (χ1v) is 6.07. The van der Waals surface area contributed by atoms with Crippen molar-refractivity contribution < 1.29 is 19.4 Å². The lowest BCUT2D eigenvalue weighted by molar-refractivity contribution is -0.142. The fraction of sp³-hybridized carbons (Fsp3) is 0.833. The molecule has 5 nitrogen and oxygen atoms in total. The van der Waals surface area contributed by atoms with E-state index in [0.717, 1.165) is 12.8 Å². The zero-order chi connectivity index (χ0) is 13.3. The van der Waals surface area contributed by atoms with Crippen molar-refractivity contribution in [2.45, 2.75) is 33.1 Å². The number of aliphatic hydroxyl groups excluding tert-OH is 1. The van der Waals surface area contributed by atoms with Crippen LogP contribution in [0.1, 0.15) is 33.1 Å². The molecule has 0 aromatic heterocycles. The number of esters is 1. The van der Waals surface area contributed by atoms with E-state index in [1.807, 2.05) is 13.8 Å². The van der Waals surface area contributed by atoms with Crippen LogP contribution in [-0.4, -0.2) is 48.7 Å². The molecule has 1 amide bonds. The van der Waals surface area contributed by atoms with Gasteiger partial charge in [-0.05, 0) is 12.8 Å². The third-order valence-corrected chi connectivity index (χ3v) is 2.83. The first-order valence-electron chi connectivity index (χ1n) is 6.07. The van der Waals surface area contributed by atoms with Crippen LogP contribution < -0.4 is 0 Å². The molecule has 0 rings (SSSR count). The average Bonchev–Trinajstić information content (AvgIpc) is 2.35. The molecule has 0 aliphatic carbocycles. The van der Waals surface area contributed by atoms with Gasteiger partial charge < -0.3 is 14.7 Å². The SMILES string of the molecule is CCC(CC)C(=O)N(CCO)CCC(=O)OC. The maximum absolute atomic E-state index is 12.1. The summed E-state index contributed by atoms with van der Waals surface area (Å²) in [7, 11) is 1.32. The minimum Gasteiger partial charge on any atom is -0.469 e. The van der Waals surface area contributed by atoms with Crippen LogP contribution in [0.2, 0.25) is 0 Å². The molecular formula is C12H23NO4. The largest absolute Gasteiger partial charge is 0.469 e. The van der Waals surface area contributed by atoms with Gasteiger partial charge in [0.2, 0.25) is 5.91 Å². The fourth-order valence-electron chi connectivity index (χ4n) is 1.68. The molecule has 0 saturated heterocycles. The number of aliphatic hydroxyl groups is 1. The van der Waals surface area contributed by atoms with Gasteiger partial charge in [0, 0.05) is 19.0 Å². The summed E-state index contributed by atoms with van der Waals surface area (Å²) in [5.74, 6) is -0.363. The van der Waals surface area contributed by atoms with Gasteiger partial charge in [-0.2, -0.15) is 0 Å². The molecule has 0 fully saturated rings. The lowest BCUT2D eigenvalue weighted by Gasteiger charge is -2.25. The predicted molar refractivity (Wildman–Crippen MR) is 64.4 cm³/mol. The molecule has 17 heavy (non-hydrogen) atoms. The van der Waals surface area contributed by atoms with Gasteiger partial charge >= 0.3 is 5.97 Å². The number of carbonyl (C=O) groups is 2. The number of nitrogens with zero attached hydrogens (tertiary/aromatic N) is 1. The molecule has 0 saturated carbocycles. The second-order valence-corrected chi connectivity index (χ2v) is 3.89. The molecule has 0 aliphatic heterocycles. The topological polar surface area (TPSA) is 66.8 Å². The quantitative estimate of drug-likeness (QED) is 0.642. The van der Waals surface area contributed by atoms with Crippen LogP contribution in [0.25, 0.3) is 0 Å². The summed E-state index contributed by atoms with van der Waals surface area (Å²) in [5.41, 5.74) is 0. The van der Waals surface area contributed by atoms with Gasteiger partial charge in [0.25, 0.3) is 0 Å². The van der Waals surface area contributed by atoms with Gasteiger partial charge in [-0.25, -0.2) is 0 Å². The Kier molecular flexibility index (Phi) is 8.40. The fourth-order valence-corrected chi connectivity index (χ4v) is 1.68. The van der Waals surface area contributed by atoms with Gasteiger partial charge in [-0.3, -0.25) is 9.59 Å². The second-order valence-electron chi connectivity index (χ2n) is 3.89. The number of carbonyl (C=O) groups excluding carboxylic acids is 2. The van der Waals surface area contributed by atoms with E-state index < -0.39 is 0 Å².